The van der Waals surface area contributed by atoms with E-state index in [0.717, 1.165) is 0 Å². The van der Waals surface area contributed by atoms with E-state index in [-0.39, 0.29) is 9.98 Å². The van der Waals surface area contributed by atoms with Crippen LogP contribution in [0.4, 0.5) is 4.39 Å². The normalized spacial score (nSPS) is 10.9. The van der Waals surface area contributed by atoms with Gasteiger partial charge in [0.05, 0.1) is 0 Å². The molecule has 7 heteroatoms. The Hall–Kier alpha value is -0.490. The second-order valence-electron chi connectivity index (χ2n) is 2.86. The lowest BCUT2D eigenvalue weighted by atomic mass is 10.1. The van der Waals surface area contributed by atoms with Crippen LogP contribution < -0.4 is 11.1 Å². The van der Waals surface area contributed by atoms with Crippen molar-refractivity contribution in [2.24, 2.45) is 5.73 Å². The fourth-order valence-electron chi connectivity index (χ4n) is 1.09. The summed E-state index contributed by atoms with van der Waals surface area (Å²) < 4.78 is 10.3. The molecule has 1 aromatic rings. The SMILES string of the molecule is NC(=S)c1ccccc1C(=S)NC(F)(Cl)Cl. The van der Waals surface area contributed by atoms with Crippen molar-refractivity contribution in [2.75, 3.05) is 0 Å². The number of rotatable bonds is 3. The largest absolute Gasteiger partial charge is 0.389 e. The third-order valence-corrected chi connectivity index (χ3v) is 2.42. The van der Waals surface area contributed by atoms with E-state index in [0.29, 0.717) is 11.1 Å². The van der Waals surface area contributed by atoms with E-state index in [1.165, 1.54) is 0 Å². The van der Waals surface area contributed by atoms with Gasteiger partial charge in [-0.3, -0.25) is 0 Å². The molecular formula is C9H7Cl2FN2S2. The number of halogens is 3. The zero-order chi connectivity index (χ0) is 12.3. The molecule has 1 aromatic carbocycles. The molecule has 0 fully saturated rings. The lowest BCUT2D eigenvalue weighted by Gasteiger charge is -2.15. The average molecular weight is 297 g/mol. The molecule has 0 spiro atoms. The summed E-state index contributed by atoms with van der Waals surface area (Å²) in [7, 11) is 0. The highest BCUT2D eigenvalue weighted by Gasteiger charge is 2.24. The fourth-order valence-corrected chi connectivity index (χ4v) is 1.89. The summed E-state index contributed by atoms with van der Waals surface area (Å²) in [5.41, 5.74) is 6.52. The first-order chi connectivity index (χ1) is 7.31. The summed E-state index contributed by atoms with van der Waals surface area (Å²) in [6.07, 6.45) is 0. The third-order valence-electron chi connectivity index (χ3n) is 1.69. The maximum Gasteiger partial charge on any atom is 0.335 e. The molecule has 0 heterocycles. The van der Waals surface area contributed by atoms with Crippen LogP contribution in [-0.2, 0) is 0 Å². The number of alkyl halides is 3. The lowest BCUT2D eigenvalue weighted by Crippen LogP contribution is -2.35. The molecule has 3 N–H and O–H groups in total. The summed E-state index contributed by atoms with van der Waals surface area (Å²) in [6.45, 7) is 0. The molecule has 0 bridgehead atoms. The molecule has 0 amide bonds. The van der Waals surface area contributed by atoms with E-state index in [9.17, 15) is 4.39 Å². The Labute approximate surface area is 113 Å². The van der Waals surface area contributed by atoms with Gasteiger partial charge in [0.2, 0.25) is 0 Å². The van der Waals surface area contributed by atoms with Gasteiger partial charge in [-0.05, 0) is 23.2 Å². The first kappa shape index (κ1) is 13.6. The van der Waals surface area contributed by atoms with Crippen molar-refractivity contribution in [2.45, 2.75) is 4.71 Å². The van der Waals surface area contributed by atoms with Crippen molar-refractivity contribution in [3.05, 3.63) is 35.4 Å². The average Bonchev–Trinajstić information content (AvgIpc) is 2.15. The second kappa shape index (κ2) is 5.23. The van der Waals surface area contributed by atoms with Gasteiger partial charge in [-0.2, -0.15) is 4.39 Å². The number of nitrogens with one attached hydrogen (secondary N) is 1. The van der Waals surface area contributed by atoms with Gasteiger partial charge in [-0.25, -0.2) is 0 Å². The molecule has 86 valence electrons. The van der Waals surface area contributed by atoms with Crippen LogP contribution in [0.15, 0.2) is 24.3 Å². The summed E-state index contributed by atoms with van der Waals surface area (Å²) in [6, 6.07) is 6.77. The Balaban J connectivity index is 3.04. The quantitative estimate of drug-likeness (QED) is 0.511. The molecule has 0 saturated carbocycles. The lowest BCUT2D eigenvalue weighted by molar-refractivity contribution is 0.372. The topological polar surface area (TPSA) is 38.0 Å². The molecule has 0 atom stereocenters. The van der Waals surface area contributed by atoms with Crippen LogP contribution in [0.5, 0.6) is 0 Å². The summed E-state index contributed by atoms with van der Waals surface area (Å²) in [4.78, 5) is 0.198. The predicted octanol–water partition coefficient (Wildman–Crippen LogP) is 2.64. The summed E-state index contributed by atoms with van der Waals surface area (Å²) in [5, 5.41) is 2.11. The van der Waals surface area contributed by atoms with Gasteiger partial charge in [0.1, 0.15) is 9.98 Å². The van der Waals surface area contributed by atoms with Crippen LogP contribution in [0, 0.1) is 0 Å². The van der Waals surface area contributed by atoms with Crippen LogP contribution in [0.3, 0.4) is 0 Å². The molecule has 0 aliphatic heterocycles. The van der Waals surface area contributed by atoms with Gasteiger partial charge in [0, 0.05) is 11.1 Å². The number of hydrogen-bond donors (Lipinski definition) is 2. The van der Waals surface area contributed by atoms with Crippen molar-refractivity contribution < 1.29 is 4.39 Å². The van der Waals surface area contributed by atoms with E-state index >= 15 is 0 Å². The maximum atomic E-state index is 12.9. The van der Waals surface area contributed by atoms with Gasteiger partial charge in [-0.1, -0.05) is 48.7 Å². The Bertz CT molecular complexity index is 432. The number of hydrogen-bond acceptors (Lipinski definition) is 2. The molecule has 0 unspecified atom stereocenters. The van der Waals surface area contributed by atoms with Crippen LogP contribution in [0.1, 0.15) is 11.1 Å². The summed E-state index contributed by atoms with van der Waals surface area (Å²) in [5.74, 6) is 0. The number of thiocarbonyl (C=S) groups is 2. The third kappa shape index (κ3) is 3.83. The zero-order valence-corrected chi connectivity index (χ0v) is 11.0. The Morgan fingerprint density at radius 1 is 1.25 bits per heavy atom. The highest BCUT2D eigenvalue weighted by Crippen LogP contribution is 2.20. The highest BCUT2D eigenvalue weighted by atomic mass is 35.5. The van der Waals surface area contributed by atoms with Gasteiger partial charge < -0.3 is 11.1 Å². The Morgan fingerprint density at radius 2 is 1.75 bits per heavy atom. The zero-order valence-electron chi connectivity index (χ0n) is 7.84. The minimum atomic E-state index is -2.62. The van der Waals surface area contributed by atoms with Crippen LogP contribution in [-0.4, -0.2) is 14.7 Å². The Morgan fingerprint density at radius 3 is 2.19 bits per heavy atom. The highest BCUT2D eigenvalue weighted by molar-refractivity contribution is 7.81. The van der Waals surface area contributed by atoms with Gasteiger partial charge in [0.25, 0.3) is 0 Å². The molecule has 2 nitrogen and oxygen atoms in total. The maximum absolute atomic E-state index is 12.9. The van der Waals surface area contributed by atoms with E-state index in [1.807, 2.05) is 0 Å². The first-order valence-corrected chi connectivity index (χ1v) is 5.66. The van der Waals surface area contributed by atoms with Gasteiger partial charge in [0.15, 0.2) is 0 Å². The van der Waals surface area contributed by atoms with Crippen LogP contribution >= 0.6 is 47.6 Å². The molecule has 0 radical (unpaired) electrons. The van der Waals surface area contributed by atoms with Crippen molar-refractivity contribution in [1.82, 2.24) is 5.32 Å². The Kier molecular flexibility index (Phi) is 4.43. The van der Waals surface area contributed by atoms with Crippen molar-refractivity contribution in [3.63, 3.8) is 0 Å². The summed E-state index contributed by atoms with van der Waals surface area (Å²) >= 11 is 20.1. The van der Waals surface area contributed by atoms with Crippen LogP contribution in [0.2, 0.25) is 0 Å². The fraction of sp³-hybridized carbons (Fsp3) is 0.111. The molecule has 0 aromatic heterocycles. The minimum Gasteiger partial charge on any atom is -0.389 e. The number of nitrogens with two attached hydrogens (primary N) is 1. The molecule has 16 heavy (non-hydrogen) atoms. The van der Waals surface area contributed by atoms with E-state index in [2.05, 4.69) is 5.32 Å². The monoisotopic (exact) mass is 296 g/mol. The molecule has 0 saturated heterocycles. The molecule has 0 aliphatic carbocycles. The molecule has 0 aliphatic rings. The van der Waals surface area contributed by atoms with Crippen molar-refractivity contribution >= 4 is 57.6 Å². The molecular weight excluding hydrogens is 290 g/mol. The van der Waals surface area contributed by atoms with Crippen molar-refractivity contribution in [3.8, 4) is 0 Å². The smallest absolute Gasteiger partial charge is 0.335 e. The number of benzene rings is 1. The first-order valence-electron chi connectivity index (χ1n) is 4.09. The van der Waals surface area contributed by atoms with Crippen LogP contribution in [0.25, 0.3) is 0 Å². The van der Waals surface area contributed by atoms with Gasteiger partial charge in [-0.15, -0.1) is 0 Å². The van der Waals surface area contributed by atoms with Crippen molar-refractivity contribution in [1.29, 1.82) is 0 Å². The van der Waals surface area contributed by atoms with Gasteiger partial charge >= 0.3 is 4.71 Å². The predicted molar refractivity (Wildman–Crippen MR) is 72.7 cm³/mol. The minimum absolute atomic E-state index is 0.0379. The van der Waals surface area contributed by atoms with E-state index in [1.54, 1.807) is 24.3 Å². The molecule has 1 rings (SSSR count). The standard InChI is InChI=1S/C9H7Cl2FN2S2/c10-9(11,12)14-8(16)6-4-2-1-3-5(6)7(13)15/h1-4H,(H2,13,15)(H,14,16). The second-order valence-corrected chi connectivity index (χ2v) is 4.94. The van der Waals surface area contributed by atoms with E-state index in [4.69, 9.17) is 53.4 Å². The van der Waals surface area contributed by atoms with E-state index < -0.39 is 4.71 Å².